The molecule has 0 aliphatic carbocycles. The summed E-state index contributed by atoms with van der Waals surface area (Å²) in [5.41, 5.74) is 3.30. The van der Waals surface area contributed by atoms with Crippen LogP contribution in [0.25, 0.3) is 10.8 Å². The van der Waals surface area contributed by atoms with E-state index >= 15 is 0 Å². The van der Waals surface area contributed by atoms with Crippen molar-refractivity contribution >= 4 is 24.0 Å². The molecule has 0 unspecified atom stereocenters. The van der Waals surface area contributed by atoms with E-state index in [4.69, 9.17) is 0 Å². The van der Waals surface area contributed by atoms with E-state index < -0.39 is 8.07 Å². The summed E-state index contributed by atoms with van der Waals surface area (Å²) >= 11 is 0. The summed E-state index contributed by atoms with van der Waals surface area (Å²) in [6, 6.07) is 15.7. The molecule has 1 heterocycles. The van der Waals surface area contributed by atoms with Gasteiger partial charge < -0.3 is 0 Å². The summed E-state index contributed by atoms with van der Waals surface area (Å²) < 4.78 is 14.4. The van der Waals surface area contributed by atoms with E-state index in [1.54, 1.807) is 12.1 Å². The van der Waals surface area contributed by atoms with Crippen LogP contribution in [0.5, 0.6) is 0 Å². The van der Waals surface area contributed by atoms with Gasteiger partial charge in [-0.25, -0.2) is 4.39 Å². The van der Waals surface area contributed by atoms with Crippen molar-refractivity contribution < 1.29 is 4.39 Å². The fraction of sp³-hybridized carbons (Fsp3) is 0.158. The molecule has 0 aromatic heterocycles. The summed E-state index contributed by atoms with van der Waals surface area (Å²) in [4.78, 5) is 0. The second-order valence-corrected chi connectivity index (χ2v) is 10.3. The van der Waals surface area contributed by atoms with Gasteiger partial charge in [-0.2, -0.15) is 0 Å². The van der Waals surface area contributed by atoms with Gasteiger partial charge in [-0.1, -0.05) is 61.6 Å². The van der Waals surface area contributed by atoms with Crippen molar-refractivity contribution in [2.75, 3.05) is 0 Å². The lowest BCUT2D eigenvalue weighted by atomic mass is 10.00. The highest BCUT2D eigenvalue weighted by Crippen LogP contribution is 2.42. The standard InChI is InChI=1S/C19H19FSi/c1-4-9-15-14-10-6-8-13-18(14)21(2,3)19(15)16-11-5-7-12-17(16)20/h4-8,10-13H,1,9H2,2-3H3. The fourth-order valence-corrected chi connectivity index (χ4v) is 7.01. The van der Waals surface area contributed by atoms with Crippen LogP contribution in [0.4, 0.5) is 4.39 Å². The molecule has 0 N–H and O–H groups in total. The van der Waals surface area contributed by atoms with E-state index in [1.807, 2.05) is 18.2 Å². The first-order chi connectivity index (χ1) is 10.1. The van der Waals surface area contributed by atoms with Crippen molar-refractivity contribution in [1.29, 1.82) is 0 Å². The van der Waals surface area contributed by atoms with Crippen LogP contribution in [0.2, 0.25) is 13.1 Å². The van der Waals surface area contributed by atoms with Gasteiger partial charge in [-0.3, -0.25) is 0 Å². The van der Waals surface area contributed by atoms with Gasteiger partial charge in [-0.05, 0) is 34.0 Å². The zero-order chi connectivity index (χ0) is 15.0. The van der Waals surface area contributed by atoms with E-state index in [0.29, 0.717) is 0 Å². The summed E-state index contributed by atoms with van der Waals surface area (Å²) in [6.45, 7) is 8.50. The van der Waals surface area contributed by atoms with Crippen LogP contribution in [0.3, 0.4) is 0 Å². The maximum atomic E-state index is 14.4. The van der Waals surface area contributed by atoms with E-state index in [0.717, 1.165) is 12.0 Å². The van der Waals surface area contributed by atoms with E-state index in [1.165, 1.54) is 21.5 Å². The Balaban J connectivity index is 2.32. The van der Waals surface area contributed by atoms with E-state index in [-0.39, 0.29) is 5.82 Å². The topological polar surface area (TPSA) is 0 Å². The molecule has 0 spiro atoms. The molecular weight excluding hydrogens is 275 g/mol. The Morgan fingerprint density at radius 2 is 1.62 bits per heavy atom. The molecule has 2 heteroatoms. The highest BCUT2D eigenvalue weighted by atomic mass is 28.3. The number of hydrogen-bond donors (Lipinski definition) is 0. The Morgan fingerprint density at radius 1 is 1.00 bits per heavy atom. The van der Waals surface area contributed by atoms with Gasteiger partial charge in [0.15, 0.2) is 0 Å². The zero-order valence-corrected chi connectivity index (χ0v) is 13.5. The number of allylic oxidation sites excluding steroid dienone is 2. The predicted molar refractivity (Wildman–Crippen MR) is 91.6 cm³/mol. The van der Waals surface area contributed by atoms with Crippen LogP contribution in [0.1, 0.15) is 17.5 Å². The molecule has 2 aromatic rings. The summed E-state index contributed by atoms with van der Waals surface area (Å²) in [5.74, 6) is -0.123. The number of fused-ring (bicyclic) bond motifs is 1. The van der Waals surface area contributed by atoms with Crippen molar-refractivity contribution in [3.8, 4) is 0 Å². The van der Waals surface area contributed by atoms with Gasteiger partial charge in [0, 0.05) is 5.56 Å². The monoisotopic (exact) mass is 294 g/mol. The van der Waals surface area contributed by atoms with Crippen LogP contribution in [0.15, 0.2) is 61.2 Å². The number of halogens is 1. The van der Waals surface area contributed by atoms with Crippen molar-refractivity contribution in [3.63, 3.8) is 0 Å². The highest BCUT2D eigenvalue weighted by molar-refractivity contribution is 7.07. The molecule has 1 aliphatic rings. The molecule has 106 valence electrons. The Bertz CT molecular complexity index is 741. The minimum absolute atomic E-state index is 0.123. The predicted octanol–water partition coefficient (Wildman–Crippen LogP) is 4.78. The summed E-state index contributed by atoms with van der Waals surface area (Å²) in [7, 11) is -1.87. The van der Waals surface area contributed by atoms with Gasteiger partial charge in [0.25, 0.3) is 0 Å². The quantitative estimate of drug-likeness (QED) is 0.564. The number of benzene rings is 2. The maximum Gasteiger partial charge on any atom is 0.130 e. The second kappa shape index (κ2) is 5.12. The maximum absolute atomic E-state index is 14.4. The molecule has 3 rings (SSSR count). The molecule has 0 atom stereocenters. The summed E-state index contributed by atoms with van der Waals surface area (Å²) in [5, 5.41) is 2.63. The van der Waals surface area contributed by atoms with Gasteiger partial charge in [0.05, 0.1) is 0 Å². The van der Waals surface area contributed by atoms with Crippen LogP contribution >= 0.6 is 0 Å². The smallest absolute Gasteiger partial charge is 0.130 e. The molecule has 0 nitrogen and oxygen atoms in total. The molecule has 0 fully saturated rings. The Morgan fingerprint density at radius 3 is 2.29 bits per heavy atom. The minimum Gasteiger partial charge on any atom is -0.206 e. The first-order valence-corrected chi connectivity index (χ1v) is 10.3. The third-order valence-electron chi connectivity index (χ3n) is 4.34. The van der Waals surface area contributed by atoms with Crippen LogP contribution < -0.4 is 5.19 Å². The average Bonchev–Trinajstić information content (AvgIpc) is 2.69. The van der Waals surface area contributed by atoms with E-state index in [9.17, 15) is 4.39 Å². The third-order valence-corrected chi connectivity index (χ3v) is 7.95. The SMILES string of the molecule is C=CCC1=C(c2ccccc2F)[Si](C)(C)c2ccccc21. The van der Waals surface area contributed by atoms with Gasteiger partial charge in [0.2, 0.25) is 0 Å². The molecule has 2 aromatic carbocycles. The molecule has 0 saturated heterocycles. The lowest BCUT2D eigenvalue weighted by Crippen LogP contribution is -2.40. The average molecular weight is 294 g/mol. The van der Waals surface area contributed by atoms with E-state index in [2.05, 4.69) is 43.9 Å². The normalized spacial score (nSPS) is 16.0. The van der Waals surface area contributed by atoms with Crippen molar-refractivity contribution in [2.45, 2.75) is 19.5 Å². The zero-order valence-electron chi connectivity index (χ0n) is 12.5. The highest BCUT2D eigenvalue weighted by Gasteiger charge is 2.40. The first-order valence-electron chi connectivity index (χ1n) is 7.26. The lowest BCUT2D eigenvalue weighted by molar-refractivity contribution is 0.624. The molecular formula is C19H19FSi. The minimum atomic E-state index is -1.87. The second-order valence-electron chi connectivity index (χ2n) is 6.00. The first kappa shape index (κ1) is 14.0. The largest absolute Gasteiger partial charge is 0.206 e. The Hall–Kier alpha value is -1.93. The van der Waals surface area contributed by atoms with Crippen molar-refractivity contribution in [2.24, 2.45) is 0 Å². The number of rotatable bonds is 3. The van der Waals surface area contributed by atoms with Gasteiger partial charge in [-0.15, -0.1) is 6.58 Å². The molecule has 0 bridgehead atoms. The van der Waals surface area contributed by atoms with Crippen LogP contribution in [-0.4, -0.2) is 8.07 Å². The Kier molecular flexibility index (Phi) is 3.42. The Labute approximate surface area is 126 Å². The molecule has 21 heavy (non-hydrogen) atoms. The number of hydrogen-bond acceptors (Lipinski definition) is 0. The molecule has 1 aliphatic heterocycles. The summed E-state index contributed by atoms with van der Waals surface area (Å²) in [6.07, 6.45) is 2.71. The van der Waals surface area contributed by atoms with Crippen LogP contribution in [0, 0.1) is 5.82 Å². The lowest BCUT2D eigenvalue weighted by Gasteiger charge is -2.23. The third kappa shape index (κ3) is 2.11. The molecule has 0 amide bonds. The van der Waals surface area contributed by atoms with Gasteiger partial charge in [0.1, 0.15) is 13.9 Å². The van der Waals surface area contributed by atoms with Crippen LogP contribution in [-0.2, 0) is 0 Å². The van der Waals surface area contributed by atoms with Crippen molar-refractivity contribution in [3.05, 3.63) is 78.1 Å². The van der Waals surface area contributed by atoms with Gasteiger partial charge >= 0.3 is 0 Å². The molecule has 0 saturated carbocycles. The molecule has 0 radical (unpaired) electrons. The van der Waals surface area contributed by atoms with Crippen molar-refractivity contribution in [1.82, 2.24) is 0 Å². The fourth-order valence-electron chi connectivity index (χ4n) is 3.46.